The maximum Gasteiger partial charge on any atom is 0.182 e. The van der Waals surface area contributed by atoms with E-state index in [-0.39, 0.29) is 19.0 Å². The van der Waals surface area contributed by atoms with E-state index >= 15 is 0 Å². The average molecular weight is 320 g/mol. The largest absolute Gasteiger partial charge is 0.374 e. The summed E-state index contributed by atoms with van der Waals surface area (Å²) in [5.41, 5.74) is 1.93. The molecule has 0 aliphatic carbocycles. The van der Waals surface area contributed by atoms with Gasteiger partial charge in [0.15, 0.2) is 11.5 Å². The van der Waals surface area contributed by atoms with Gasteiger partial charge in [0, 0.05) is 5.56 Å². The Hall–Kier alpha value is -2.52. The van der Waals surface area contributed by atoms with Crippen LogP contribution in [-0.2, 0) is 10.4 Å². The van der Waals surface area contributed by atoms with Crippen LogP contribution in [0.5, 0.6) is 0 Å². The predicted molar refractivity (Wildman–Crippen MR) is 93.0 cm³/mol. The van der Waals surface area contributed by atoms with Gasteiger partial charge in [0.2, 0.25) is 0 Å². The summed E-state index contributed by atoms with van der Waals surface area (Å²) in [4.78, 5) is 11.8. The van der Waals surface area contributed by atoms with Crippen molar-refractivity contribution in [3.05, 3.63) is 71.8 Å². The molecule has 1 saturated heterocycles. The summed E-state index contributed by atoms with van der Waals surface area (Å²) in [5.74, 6) is 0.0351. The van der Waals surface area contributed by atoms with Gasteiger partial charge in [-0.3, -0.25) is 4.79 Å². The Labute approximate surface area is 139 Å². The van der Waals surface area contributed by atoms with Crippen LogP contribution in [0.25, 0.3) is 21.9 Å². The lowest BCUT2D eigenvalue weighted by Gasteiger charge is -2.34. The number of hydrogen-bond donors (Lipinski definition) is 0. The van der Waals surface area contributed by atoms with E-state index in [4.69, 9.17) is 4.74 Å². The monoisotopic (exact) mass is 320 g/mol. The number of carbonyl (C=O) groups is 1. The van der Waals surface area contributed by atoms with Crippen LogP contribution >= 0.6 is 0 Å². The van der Waals surface area contributed by atoms with Gasteiger partial charge in [-0.1, -0.05) is 48.5 Å². The molecule has 1 heterocycles. The molecule has 0 bridgehead atoms. The van der Waals surface area contributed by atoms with Gasteiger partial charge in [-0.05, 0) is 46.5 Å². The van der Waals surface area contributed by atoms with Gasteiger partial charge in [0.1, 0.15) is 0 Å². The number of ether oxygens (including phenoxy) is 1. The number of benzene rings is 3. The van der Waals surface area contributed by atoms with Gasteiger partial charge in [0.25, 0.3) is 0 Å². The highest BCUT2D eigenvalue weighted by Crippen LogP contribution is 2.36. The van der Waals surface area contributed by atoms with E-state index in [0.717, 1.165) is 21.9 Å². The molecule has 0 amide bonds. The minimum absolute atomic E-state index is 0.0351. The number of carbonyl (C=O) groups excluding carboxylic acids is 1. The minimum atomic E-state index is -1.36. The Bertz CT molecular complexity index is 924. The fraction of sp³-hybridized carbons (Fsp3) is 0.190. The quantitative estimate of drug-likeness (QED) is 0.641. The van der Waals surface area contributed by atoms with Crippen molar-refractivity contribution in [3.63, 3.8) is 0 Å². The van der Waals surface area contributed by atoms with Crippen LogP contribution in [0.15, 0.2) is 60.7 Å². The molecular weight excluding hydrogens is 303 g/mol. The van der Waals surface area contributed by atoms with Crippen LogP contribution in [0, 0.1) is 0 Å². The molecule has 0 N–H and O–H groups in total. The Morgan fingerprint density at radius 1 is 1.04 bits per heavy atom. The minimum Gasteiger partial charge on any atom is -0.374 e. The molecule has 1 aliphatic heterocycles. The molecular formula is C21H17FO2. The standard InChI is InChI=1S/C21H17FO2/c1-14(23)17-10-16-4-2-3-5-19(16)20(11-17)15-6-8-18(9-7-15)21(22)12-24-13-21/h2-11H,12-13H2,1H3. The highest BCUT2D eigenvalue weighted by atomic mass is 19.1. The Kier molecular flexibility index (Phi) is 3.47. The Balaban J connectivity index is 1.84. The van der Waals surface area contributed by atoms with Crippen molar-refractivity contribution in [1.29, 1.82) is 0 Å². The first-order valence-corrected chi connectivity index (χ1v) is 7.98. The van der Waals surface area contributed by atoms with Gasteiger partial charge >= 0.3 is 0 Å². The summed E-state index contributed by atoms with van der Waals surface area (Å²) >= 11 is 0. The van der Waals surface area contributed by atoms with E-state index in [1.807, 2.05) is 60.7 Å². The first-order valence-electron chi connectivity index (χ1n) is 7.98. The van der Waals surface area contributed by atoms with E-state index in [2.05, 4.69) is 0 Å². The third-order valence-corrected chi connectivity index (χ3v) is 4.64. The number of Topliss-reactive ketones (excluding diaryl/α,β-unsaturated/α-hetero) is 1. The van der Waals surface area contributed by atoms with Crippen molar-refractivity contribution in [3.8, 4) is 11.1 Å². The second-order valence-corrected chi connectivity index (χ2v) is 6.34. The third kappa shape index (κ3) is 2.42. The summed E-state index contributed by atoms with van der Waals surface area (Å²) in [7, 11) is 0. The van der Waals surface area contributed by atoms with Crippen LogP contribution in [0.1, 0.15) is 22.8 Å². The molecule has 2 nitrogen and oxygen atoms in total. The molecule has 0 saturated carbocycles. The summed E-state index contributed by atoms with van der Waals surface area (Å²) < 4.78 is 19.4. The van der Waals surface area contributed by atoms with E-state index < -0.39 is 5.67 Å². The van der Waals surface area contributed by atoms with Crippen molar-refractivity contribution in [2.24, 2.45) is 0 Å². The van der Waals surface area contributed by atoms with E-state index in [1.165, 1.54) is 0 Å². The Morgan fingerprint density at radius 2 is 1.75 bits per heavy atom. The molecule has 0 radical (unpaired) electrons. The maximum atomic E-state index is 14.4. The molecule has 120 valence electrons. The van der Waals surface area contributed by atoms with Crippen LogP contribution in [0.4, 0.5) is 4.39 Å². The zero-order chi connectivity index (χ0) is 16.7. The molecule has 3 heteroatoms. The second kappa shape index (κ2) is 5.53. The number of hydrogen-bond acceptors (Lipinski definition) is 2. The number of alkyl halides is 1. The first-order chi connectivity index (χ1) is 11.6. The summed E-state index contributed by atoms with van der Waals surface area (Å²) in [5, 5.41) is 2.11. The van der Waals surface area contributed by atoms with Crippen molar-refractivity contribution in [2.75, 3.05) is 13.2 Å². The highest BCUT2D eigenvalue weighted by Gasteiger charge is 2.40. The van der Waals surface area contributed by atoms with Gasteiger partial charge in [-0.25, -0.2) is 4.39 Å². The third-order valence-electron chi connectivity index (χ3n) is 4.64. The number of rotatable bonds is 3. The molecule has 0 unspecified atom stereocenters. The van der Waals surface area contributed by atoms with Crippen LogP contribution in [0.3, 0.4) is 0 Å². The molecule has 3 aromatic carbocycles. The average Bonchev–Trinajstić information content (AvgIpc) is 2.59. The zero-order valence-corrected chi connectivity index (χ0v) is 13.4. The van der Waals surface area contributed by atoms with E-state index in [9.17, 15) is 9.18 Å². The molecule has 4 rings (SSSR count). The maximum absolute atomic E-state index is 14.4. The van der Waals surface area contributed by atoms with Crippen LogP contribution < -0.4 is 0 Å². The van der Waals surface area contributed by atoms with Crippen LogP contribution in [0.2, 0.25) is 0 Å². The van der Waals surface area contributed by atoms with Crippen molar-refractivity contribution in [2.45, 2.75) is 12.6 Å². The van der Waals surface area contributed by atoms with E-state index in [0.29, 0.717) is 11.1 Å². The lowest BCUT2D eigenvalue weighted by Crippen LogP contribution is -2.42. The van der Waals surface area contributed by atoms with Crippen molar-refractivity contribution >= 4 is 16.6 Å². The number of fused-ring (bicyclic) bond motifs is 1. The molecule has 3 aromatic rings. The van der Waals surface area contributed by atoms with Gasteiger partial charge in [0.05, 0.1) is 13.2 Å². The molecule has 0 aromatic heterocycles. The molecule has 1 fully saturated rings. The van der Waals surface area contributed by atoms with Gasteiger partial charge in [-0.15, -0.1) is 0 Å². The molecule has 1 aliphatic rings. The molecule has 24 heavy (non-hydrogen) atoms. The van der Waals surface area contributed by atoms with Crippen LogP contribution in [-0.4, -0.2) is 19.0 Å². The lowest BCUT2D eigenvalue weighted by atomic mass is 9.90. The van der Waals surface area contributed by atoms with Gasteiger partial charge < -0.3 is 4.74 Å². The lowest BCUT2D eigenvalue weighted by molar-refractivity contribution is -0.135. The smallest absolute Gasteiger partial charge is 0.182 e. The normalized spacial score (nSPS) is 15.9. The van der Waals surface area contributed by atoms with Crippen molar-refractivity contribution < 1.29 is 13.9 Å². The number of ketones is 1. The summed E-state index contributed by atoms with van der Waals surface area (Å²) in [6.07, 6.45) is 0. The zero-order valence-electron chi connectivity index (χ0n) is 13.4. The molecule has 0 spiro atoms. The fourth-order valence-corrected chi connectivity index (χ4v) is 3.15. The SMILES string of the molecule is CC(=O)c1cc(-c2ccc(C3(F)COC3)cc2)c2ccccc2c1. The Morgan fingerprint density at radius 3 is 2.38 bits per heavy atom. The topological polar surface area (TPSA) is 26.3 Å². The number of halogens is 1. The van der Waals surface area contributed by atoms with E-state index in [1.54, 1.807) is 6.92 Å². The second-order valence-electron chi connectivity index (χ2n) is 6.34. The first kappa shape index (κ1) is 15.0. The fourth-order valence-electron chi connectivity index (χ4n) is 3.15. The summed E-state index contributed by atoms with van der Waals surface area (Å²) in [6, 6.07) is 19.3. The highest BCUT2D eigenvalue weighted by molar-refractivity contribution is 6.04. The summed E-state index contributed by atoms with van der Waals surface area (Å²) in [6.45, 7) is 1.81. The molecule has 0 atom stereocenters. The predicted octanol–water partition coefficient (Wildman–Crippen LogP) is 4.90. The van der Waals surface area contributed by atoms with Gasteiger partial charge in [-0.2, -0.15) is 0 Å². The van der Waals surface area contributed by atoms with Crippen molar-refractivity contribution in [1.82, 2.24) is 0 Å².